The average Bonchev–Trinajstić information content (AvgIpc) is 3.45. The van der Waals surface area contributed by atoms with Gasteiger partial charge in [0, 0.05) is 56.0 Å². The van der Waals surface area contributed by atoms with E-state index < -0.39 is 22.8 Å². The van der Waals surface area contributed by atoms with E-state index in [0.29, 0.717) is 24.3 Å². The lowest BCUT2D eigenvalue weighted by Gasteiger charge is -2.26. The predicted molar refractivity (Wildman–Crippen MR) is 142 cm³/mol. The number of carbonyl (C=O) groups is 3. The quantitative estimate of drug-likeness (QED) is 0.141. The average molecular weight is 568 g/mol. The van der Waals surface area contributed by atoms with Gasteiger partial charge in [-0.25, -0.2) is 14.0 Å². The molecular weight excluding hydrogens is 541 g/mol. The molecule has 0 spiro atoms. The van der Waals surface area contributed by atoms with Gasteiger partial charge in [0.2, 0.25) is 0 Å². The van der Waals surface area contributed by atoms with Crippen LogP contribution in [0.1, 0.15) is 29.0 Å². The van der Waals surface area contributed by atoms with Gasteiger partial charge in [-0.1, -0.05) is 28.9 Å². The molecule has 1 aromatic heterocycles. The summed E-state index contributed by atoms with van der Waals surface area (Å²) in [6.45, 7) is 2.93. The van der Waals surface area contributed by atoms with Crippen LogP contribution in [0.4, 0.5) is 10.1 Å². The third-order valence-electron chi connectivity index (χ3n) is 5.76. The molecule has 13 nitrogen and oxygen atoms in total. The van der Waals surface area contributed by atoms with Crippen molar-refractivity contribution in [2.75, 3.05) is 19.6 Å². The topological polar surface area (TPSA) is 189 Å². The first kappa shape index (κ1) is 30.3. The molecule has 0 saturated heterocycles. The van der Waals surface area contributed by atoms with Crippen LogP contribution in [0.2, 0.25) is 0 Å². The van der Waals surface area contributed by atoms with Crippen LogP contribution in [-0.2, 0) is 16.1 Å². The van der Waals surface area contributed by atoms with Gasteiger partial charge in [0.05, 0.1) is 4.92 Å². The summed E-state index contributed by atoms with van der Waals surface area (Å²) < 4.78 is 18.1. The first-order valence-corrected chi connectivity index (χ1v) is 12.3. The minimum absolute atomic E-state index is 0.0492. The van der Waals surface area contributed by atoms with E-state index in [-0.39, 0.29) is 23.2 Å². The summed E-state index contributed by atoms with van der Waals surface area (Å²) in [4.78, 5) is 48.0. The van der Waals surface area contributed by atoms with Gasteiger partial charge in [0.25, 0.3) is 23.3 Å². The van der Waals surface area contributed by atoms with Crippen molar-refractivity contribution in [2.24, 2.45) is 0 Å². The number of carbonyl (C=O) groups excluding carboxylic acids is 1. The molecule has 0 bridgehead atoms. The Bertz CT molecular complexity index is 1420. The van der Waals surface area contributed by atoms with Crippen molar-refractivity contribution in [3.8, 4) is 11.5 Å². The fourth-order valence-corrected chi connectivity index (χ4v) is 3.69. The van der Waals surface area contributed by atoms with Crippen LogP contribution in [0.25, 0.3) is 11.5 Å². The number of aromatic nitrogens is 2. The summed E-state index contributed by atoms with van der Waals surface area (Å²) in [6.07, 6.45) is 4.91. The van der Waals surface area contributed by atoms with E-state index in [4.69, 9.17) is 14.7 Å². The second-order valence-electron chi connectivity index (χ2n) is 8.72. The summed E-state index contributed by atoms with van der Waals surface area (Å²) in [5, 5.41) is 32.8. The van der Waals surface area contributed by atoms with Gasteiger partial charge >= 0.3 is 11.9 Å². The number of nitrogens with zero attached hydrogens (tertiary/aromatic N) is 4. The molecule has 1 amide bonds. The molecular formula is C27H26FN5O8. The Morgan fingerprint density at radius 3 is 2.29 bits per heavy atom. The number of amides is 1. The molecule has 3 N–H and O–H groups in total. The van der Waals surface area contributed by atoms with Gasteiger partial charge < -0.3 is 20.1 Å². The molecule has 3 aromatic rings. The Morgan fingerprint density at radius 2 is 1.73 bits per heavy atom. The number of hydrogen-bond acceptors (Lipinski definition) is 9. The largest absolute Gasteiger partial charge is 0.478 e. The van der Waals surface area contributed by atoms with Crippen LogP contribution in [0.3, 0.4) is 0 Å². The Kier molecular flexibility index (Phi) is 10.9. The summed E-state index contributed by atoms with van der Waals surface area (Å²) in [5.74, 6) is -3.16. The Labute approximate surface area is 232 Å². The molecule has 0 fully saturated rings. The molecule has 4 rings (SSSR count). The van der Waals surface area contributed by atoms with Gasteiger partial charge in [-0.2, -0.15) is 4.98 Å². The molecule has 0 aliphatic carbocycles. The minimum atomic E-state index is -1.26. The molecule has 1 aliphatic heterocycles. The highest BCUT2D eigenvalue weighted by atomic mass is 19.1. The second kappa shape index (κ2) is 14.8. The van der Waals surface area contributed by atoms with Crippen LogP contribution < -0.4 is 5.32 Å². The van der Waals surface area contributed by atoms with E-state index in [2.05, 4.69) is 26.4 Å². The monoisotopic (exact) mass is 567 g/mol. The van der Waals surface area contributed by atoms with Crippen molar-refractivity contribution in [3.05, 3.63) is 99.7 Å². The summed E-state index contributed by atoms with van der Waals surface area (Å²) >= 11 is 0. The highest BCUT2D eigenvalue weighted by Gasteiger charge is 2.17. The second-order valence-corrected chi connectivity index (χ2v) is 8.72. The standard InChI is InChI=1S/C23H22FN5O4.C4H4O4/c24-19-5-1-17(2-6-19)15-28-13-10-16(11-14-28)9-12-25-22(30)21-26-23(33-27-21)18-3-7-20(8-4-18)29(31)32;5-3(6)1-2-4(7)8/h1-8,10H,9,11-15H2,(H,25,30);1-2H,(H,5,6)(H,7,8)/b;2-1+. The fourth-order valence-electron chi connectivity index (χ4n) is 3.69. The maximum Gasteiger partial charge on any atom is 0.328 e. The van der Waals surface area contributed by atoms with E-state index in [1.165, 1.54) is 42.0 Å². The van der Waals surface area contributed by atoms with Crippen LogP contribution in [0.15, 0.2) is 76.9 Å². The number of benzene rings is 2. The molecule has 0 unspecified atom stereocenters. The number of nitro benzene ring substituents is 1. The molecule has 0 radical (unpaired) electrons. The number of nitrogens with one attached hydrogen (secondary N) is 1. The third-order valence-corrected chi connectivity index (χ3v) is 5.76. The highest BCUT2D eigenvalue weighted by molar-refractivity contribution is 5.90. The maximum atomic E-state index is 13.0. The lowest BCUT2D eigenvalue weighted by molar-refractivity contribution is -0.384. The van der Waals surface area contributed by atoms with Gasteiger partial charge in [-0.3, -0.25) is 19.8 Å². The third kappa shape index (κ3) is 10.1. The number of carboxylic acids is 2. The first-order chi connectivity index (χ1) is 19.6. The summed E-state index contributed by atoms with van der Waals surface area (Å²) in [7, 11) is 0. The smallest absolute Gasteiger partial charge is 0.328 e. The molecule has 41 heavy (non-hydrogen) atoms. The zero-order valence-corrected chi connectivity index (χ0v) is 21.6. The normalized spacial score (nSPS) is 13.1. The molecule has 0 atom stereocenters. The first-order valence-electron chi connectivity index (χ1n) is 12.3. The Morgan fingerprint density at radius 1 is 1.07 bits per heavy atom. The molecule has 0 saturated carbocycles. The van der Waals surface area contributed by atoms with Crippen LogP contribution >= 0.6 is 0 Å². The number of rotatable bonds is 10. The van der Waals surface area contributed by atoms with Gasteiger partial charge in [-0.15, -0.1) is 0 Å². The number of non-ortho nitro benzene ring substituents is 1. The fraction of sp³-hybridized carbons (Fsp3) is 0.222. The zero-order chi connectivity index (χ0) is 29.8. The van der Waals surface area contributed by atoms with Crippen LogP contribution in [-0.4, -0.2) is 67.7 Å². The van der Waals surface area contributed by atoms with Crippen molar-refractivity contribution in [1.29, 1.82) is 0 Å². The van der Waals surface area contributed by atoms with Crippen LogP contribution in [0.5, 0.6) is 0 Å². The van der Waals surface area contributed by atoms with Crippen LogP contribution in [0, 0.1) is 15.9 Å². The molecule has 1 aliphatic rings. The molecule has 2 aromatic carbocycles. The predicted octanol–water partition coefficient (Wildman–Crippen LogP) is 3.45. The number of nitro groups is 1. The van der Waals surface area contributed by atoms with Gasteiger partial charge in [0.15, 0.2) is 0 Å². The Hall–Kier alpha value is -5.24. The van der Waals surface area contributed by atoms with Crippen molar-refractivity contribution in [1.82, 2.24) is 20.4 Å². The lowest BCUT2D eigenvalue weighted by Crippen LogP contribution is -2.30. The van der Waals surface area contributed by atoms with E-state index in [1.807, 2.05) is 0 Å². The maximum absolute atomic E-state index is 13.0. The molecule has 2 heterocycles. The number of hydrogen-bond donors (Lipinski definition) is 3. The number of halogens is 1. The van der Waals surface area contributed by atoms with Gasteiger partial charge in [-0.05, 0) is 42.7 Å². The van der Waals surface area contributed by atoms with Crippen molar-refractivity contribution < 1.29 is 38.4 Å². The highest BCUT2D eigenvalue weighted by Crippen LogP contribution is 2.21. The summed E-state index contributed by atoms with van der Waals surface area (Å²) in [5.41, 5.74) is 2.79. The minimum Gasteiger partial charge on any atom is -0.478 e. The van der Waals surface area contributed by atoms with E-state index in [9.17, 15) is 28.9 Å². The van der Waals surface area contributed by atoms with E-state index in [1.54, 1.807) is 12.1 Å². The van der Waals surface area contributed by atoms with Crippen molar-refractivity contribution in [3.63, 3.8) is 0 Å². The van der Waals surface area contributed by atoms with Gasteiger partial charge in [0.1, 0.15) is 5.82 Å². The zero-order valence-electron chi connectivity index (χ0n) is 21.6. The molecule has 14 heteroatoms. The van der Waals surface area contributed by atoms with E-state index in [0.717, 1.165) is 38.0 Å². The van der Waals surface area contributed by atoms with Crippen molar-refractivity contribution >= 4 is 23.5 Å². The summed E-state index contributed by atoms with van der Waals surface area (Å²) in [6, 6.07) is 12.2. The van der Waals surface area contributed by atoms with E-state index >= 15 is 0 Å². The number of carboxylic acid groups (broad SMARTS) is 2. The van der Waals surface area contributed by atoms with Crippen molar-refractivity contribution in [2.45, 2.75) is 19.4 Å². The molecule has 214 valence electrons. The lowest BCUT2D eigenvalue weighted by atomic mass is 10.0. The number of aliphatic carboxylic acids is 2. The Balaban J connectivity index is 0.000000507. The SMILES string of the molecule is O=C(NCCC1=CCN(Cc2ccc(F)cc2)CC1)c1noc(-c2ccc([N+](=O)[O-])cc2)n1.O=C(O)/C=C/C(=O)O.